The van der Waals surface area contributed by atoms with Gasteiger partial charge >= 0.3 is 0 Å². The highest BCUT2D eigenvalue weighted by molar-refractivity contribution is 5.80. The Morgan fingerprint density at radius 3 is 1.02 bits per heavy atom. The number of hydrogen-bond donors (Lipinski definition) is 4. The van der Waals surface area contributed by atoms with Crippen molar-refractivity contribution in [3.63, 3.8) is 0 Å². The molecule has 1 amide bonds. The molecular formula is C49H97NO4. The van der Waals surface area contributed by atoms with E-state index >= 15 is 0 Å². The lowest BCUT2D eigenvalue weighted by atomic mass is 10.0. The Hall–Kier alpha value is -0.910. The van der Waals surface area contributed by atoms with Gasteiger partial charge in [0, 0.05) is 0 Å². The van der Waals surface area contributed by atoms with Crippen LogP contribution in [0.25, 0.3) is 0 Å². The van der Waals surface area contributed by atoms with Crippen molar-refractivity contribution in [1.29, 1.82) is 0 Å². The normalized spacial score (nSPS) is 13.5. The molecular weight excluding hydrogens is 667 g/mol. The second kappa shape index (κ2) is 44.8. The van der Waals surface area contributed by atoms with Crippen LogP contribution in [0.2, 0.25) is 0 Å². The van der Waals surface area contributed by atoms with E-state index in [0.29, 0.717) is 6.42 Å². The van der Waals surface area contributed by atoms with Crippen LogP contribution >= 0.6 is 0 Å². The number of aliphatic hydroxyl groups excluding tert-OH is 3. The van der Waals surface area contributed by atoms with E-state index in [9.17, 15) is 20.1 Å². The second-order valence-electron chi connectivity index (χ2n) is 17.0. The SMILES string of the molecule is CCCCCCCCCCCC/C=C/C(O)C(CO)NC(=O)C(O)CCCCCCCCCCCCCCCCCCCCCCCCCCCCCC. The Balaban J connectivity index is 3.50. The first-order chi connectivity index (χ1) is 26.6. The summed E-state index contributed by atoms with van der Waals surface area (Å²) in [7, 11) is 0. The van der Waals surface area contributed by atoms with Crippen molar-refractivity contribution < 1.29 is 20.1 Å². The molecule has 0 spiro atoms. The summed E-state index contributed by atoms with van der Waals surface area (Å²) < 4.78 is 0. The predicted octanol–water partition coefficient (Wildman–Crippen LogP) is 14.4. The van der Waals surface area contributed by atoms with Gasteiger partial charge in [0.1, 0.15) is 6.10 Å². The minimum Gasteiger partial charge on any atom is -0.394 e. The van der Waals surface area contributed by atoms with Crippen LogP contribution in [0.5, 0.6) is 0 Å². The highest BCUT2D eigenvalue weighted by Crippen LogP contribution is 2.17. The number of nitrogens with one attached hydrogen (secondary N) is 1. The number of carbonyl (C=O) groups excluding carboxylic acids is 1. The van der Waals surface area contributed by atoms with E-state index in [2.05, 4.69) is 19.2 Å². The van der Waals surface area contributed by atoms with E-state index in [4.69, 9.17) is 0 Å². The van der Waals surface area contributed by atoms with Gasteiger partial charge in [-0.15, -0.1) is 0 Å². The van der Waals surface area contributed by atoms with Crippen molar-refractivity contribution in [3.8, 4) is 0 Å². The first-order valence-electron chi connectivity index (χ1n) is 24.5. The molecule has 0 aliphatic heterocycles. The van der Waals surface area contributed by atoms with Gasteiger partial charge in [-0.25, -0.2) is 0 Å². The van der Waals surface area contributed by atoms with E-state index < -0.39 is 24.2 Å². The van der Waals surface area contributed by atoms with Crippen LogP contribution in [0.3, 0.4) is 0 Å². The Morgan fingerprint density at radius 1 is 0.444 bits per heavy atom. The molecule has 4 N–H and O–H groups in total. The summed E-state index contributed by atoms with van der Waals surface area (Å²) in [5, 5.41) is 33.1. The molecule has 54 heavy (non-hydrogen) atoms. The molecule has 0 bridgehead atoms. The molecule has 0 aromatic carbocycles. The van der Waals surface area contributed by atoms with E-state index in [-0.39, 0.29) is 6.61 Å². The van der Waals surface area contributed by atoms with Gasteiger partial charge in [-0.2, -0.15) is 0 Å². The third-order valence-electron chi connectivity index (χ3n) is 11.6. The molecule has 0 heterocycles. The van der Waals surface area contributed by atoms with Gasteiger partial charge in [0.05, 0.1) is 18.8 Å². The number of carbonyl (C=O) groups is 1. The van der Waals surface area contributed by atoms with Gasteiger partial charge in [-0.05, 0) is 19.3 Å². The fraction of sp³-hybridized carbons (Fsp3) is 0.939. The van der Waals surface area contributed by atoms with Crippen molar-refractivity contribution >= 4 is 5.91 Å². The lowest BCUT2D eigenvalue weighted by Crippen LogP contribution is -2.48. The van der Waals surface area contributed by atoms with E-state index in [1.165, 1.54) is 218 Å². The zero-order valence-electron chi connectivity index (χ0n) is 36.6. The highest BCUT2D eigenvalue weighted by atomic mass is 16.3. The topological polar surface area (TPSA) is 89.8 Å². The molecule has 322 valence electrons. The average Bonchev–Trinajstić information content (AvgIpc) is 3.18. The average molecular weight is 764 g/mol. The minimum atomic E-state index is -1.09. The first-order valence-corrected chi connectivity index (χ1v) is 24.5. The van der Waals surface area contributed by atoms with Crippen molar-refractivity contribution in [2.45, 2.75) is 289 Å². The van der Waals surface area contributed by atoms with Crippen LogP contribution in [0, 0.1) is 0 Å². The highest BCUT2D eigenvalue weighted by Gasteiger charge is 2.22. The molecule has 0 rings (SSSR count). The van der Waals surface area contributed by atoms with Crippen molar-refractivity contribution in [2.24, 2.45) is 0 Å². The quantitative estimate of drug-likeness (QED) is 0.0367. The first kappa shape index (κ1) is 53.1. The molecule has 3 unspecified atom stereocenters. The molecule has 0 aliphatic rings. The van der Waals surface area contributed by atoms with Crippen LogP contribution in [-0.4, -0.2) is 46.1 Å². The summed E-state index contributed by atoms with van der Waals surface area (Å²) in [6, 6.07) is -0.792. The summed E-state index contributed by atoms with van der Waals surface area (Å²) in [4.78, 5) is 12.5. The largest absolute Gasteiger partial charge is 0.394 e. The Labute approximate surface area is 338 Å². The van der Waals surface area contributed by atoms with Gasteiger partial charge < -0.3 is 20.6 Å². The van der Waals surface area contributed by atoms with Gasteiger partial charge in [0.25, 0.3) is 0 Å². The number of hydrogen-bond acceptors (Lipinski definition) is 4. The standard InChI is InChI=1S/C49H97NO4/c1-3-5-7-9-11-13-15-17-18-19-20-21-22-23-24-25-26-27-28-29-30-31-32-34-36-38-40-42-44-48(53)49(54)50-46(45-51)47(52)43-41-39-37-35-33-16-14-12-10-8-6-4-2/h41,43,46-48,51-53H,3-40,42,44-45H2,1-2H3,(H,50,54)/b43-41+. The van der Waals surface area contributed by atoms with Crippen LogP contribution in [0.15, 0.2) is 12.2 Å². The second-order valence-corrected chi connectivity index (χ2v) is 17.0. The van der Waals surface area contributed by atoms with Gasteiger partial charge in [-0.3, -0.25) is 4.79 Å². The van der Waals surface area contributed by atoms with Crippen LogP contribution in [0.1, 0.15) is 271 Å². The fourth-order valence-corrected chi connectivity index (χ4v) is 7.78. The molecule has 0 saturated heterocycles. The maximum Gasteiger partial charge on any atom is 0.249 e. The maximum absolute atomic E-state index is 12.5. The molecule has 5 nitrogen and oxygen atoms in total. The monoisotopic (exact) mass is 764 g/mol. The molecule has 0 aromatic heterocycles. The number of aliphatic hydroxyl groups is 3. The van der Waals surface area contributed by atoms with E-state index in [0.717, 1.165) is 32.1 Å². The number of amides is 1. The molecule has 0 radical (unpaired) electrons. The number of rotatable bonds is 45. The molecule has 3 atom stereocenters. The smallest absolute Gasteiger partial charge is 0.249 e. The summed E-state index contributed by atoms with van der Waals surface area (Å²) in [5.74, 6) is -0.499. The summed E-state index contributed by atoms with van der Waals surface area (Å²) in [6.07, 6.45) is 54.2. The molecule has 0 aromatic rings. The third-order valence-corrected chi connectivity index (χ3v) is 11.6. The zero-order valence-corrected chi connectivity index (χ0v) is 36.6. The molecule has 0 saturated carbocycles. The Morgan fingerprint density at radius 2 is 0.722 bits per heavy atom. The van der Waals surface area contributed by atoms with Gasteiger partial charge in [-0.1, -0.05) is 264 Å². The third kappa shape index (κ3) is 39.3. The maximum atomic E-state index is 12.5. The summed E-state index contributed by atoms with van der Waals surface area (Å²) in [6.45, 7) is 4.19. The van der Waals surface area contributed by atoms with Crippen molar-refractivity contribution in [2.75, 3.05) is 6.61 Å². The van der Waals surface area contributed by atoms with Crippen molar-refractivity contribution in [3.05, 3.63) is 12.2 Å². The summed E-state index contributed by atoms with van der Waals surface area (Å²) >= 11 is 0. The Kier molecular flexibility index (Phi) is 44.0. The predicted molar refractivity (Wildman–Crippen MR) is 236 cm³/mol. The van der Waals surface area contributed by atoms with Gasteiger partial charge in [0.15, 0.2) is 0 Å². The van der Waals surface area contributed by atoms with Crippen LogP contribution < -0.4 is 5.32 Å². The molecule has 0 aliphatic carbocycles. The molecule has 5 heteroatoms. The van der Waals surface area contributed by atoms with E-state index in [1.54, 1.807) is 6.08 Å². The lowest BCUT2D eigenvalue weighted by Gasteiger charge is -2.21. The van der Waals surface area contributed by atoms with Crippen LogP contribution in [-0.2, 0) is 4.79 Å². The van der Waals surface area contributed by atoms with Crippen LogP contribution in [0.4, 0.5) is 0 Å². The fourth-order valence-electron chi connectivity index (χ4n) is 7.78. The Bertz CT molecular complexity index is 758. The molecule has 0 fully saturated rings. The number of unbranched alkanes of at least 4 members (excludes halogenated alkanes) is 37. The van der Waals surface area contributed by atoms with Gasteiger partial charge in [0.2, 0.25) is 5.91 Å². The van der Waals surface area contributed by atoms with Crippen molar-refractivity contribution in [1.82, 2.24) is 5.32 Å². The van der Waals surface area contributed by atoms with E-state index in [1.807, 2.05) is 6.08 Å². The minimum absolute atomic E-state index is 0.359. The lowest BCUT2D eigenvalue weighted by molar-refractivity contribution is -0.131. The number of allylic oxidation sites excluding steroid dienone is 1. The zero-order chi connectivity index (χ0) is 39.4. The summed E-state index contributed by atoms with van der Waals surface area (Å²) in [5.41, 5.74) is 0.